The van der Waals surface area contributed by atoms with Gasteiger partial charge in [-0.2, -0.15) is 0 Å². The van der Waals surface area contributed by atoms with Gasteiger partial charge >= 0.3 is 52.1 Å². The van der Waals surface area contributed by atoms with Crippen molar-refractivity contribution in [3.05, 3.63) is 0 Å². The minimum Gasteiger partial charge on any atom is -0.481 e. The number of hydrogen-bond donors (Lipinski definition) is 1. The van der Waals surface area contributed by atoms with Gasteiger partial charge < -0.3 is 5.11 Å². The van der Waals surface area contributed by atoms with Crippen LogP contribution in [-0.2, 0) is 4.79 Å². The third kappa shape index (κ3) is 8.97. The maximum Gasteiger partial charge on any atom is 2.00 e. The fraction of sp³-hybridized carbons (Fsp3) is 0.875. The normalized spacial score (nSPS) is 19.6. The quantitative estimate of drug-likeness (QED) is 0.463. The summed E-state index contributed by atoms with van der Waals surface area (Å²) >= 11 is 0. The van der Waals surface area contributed by atoms with Crippen molar-refractivity contribution in [3.8, 4) is 0 Å². The van der Waals surface area contributed by atoms with E-state index >= 15 is 0 Å². The summed E-state index contributed by atoms with van der Waals surface area (Å²) in [7, 11) is 3.92. The number of carbonyl (C=O) groups is 1. The van der Waals surface area contributed by atoms with Crippen molar-refractivity contribution in [3.63, 3.8) is 0 Å². The van der Waals surface area contributed by atoms with Crippen molar-refractivity contribution in [1.82, 2.24) is 0 Å². The molecule has 0 unspecified atom stereocenters. The standard InChI is InChI=1S/C8H14O2S2.2Mg/c9-8(10)4-2-1-3-7-5-6-11-12-7;;/h7H,1-6H2,(H,9,10);;/q;2*+2/t7-;;/m1../s1. The first kappa shape index (κ1) is 18.1. The number of carboxylic acids is 1. The van der Waals surface area contributed by atoms with E-state index in [1.54, 1.807) is 0 Å². The molecule has 0 saturated carbocycles. The molecule has 1 N–H and O–H groups in total. The molecule has 0 aromatic carbocycles. The maximum atomic E-state index is 10.2. The predicted molar refractivity (Wildman–Crippen MR) is 66.1 cm³/mol. The van der Waals surface area contributed by atoms with E-state index in [-0.39, 0.29) is 46.1 Å². The summed E-state index contributed by atoms with van der Waals surface area (Å²) in [5.74, 6) is 0.609. The Hall–Kier alpha value is 1.70. The third-order valence-corrected chi connectivity index (χ3v) is 4.90. The number of unbranched alkanes of at least 4 members (excludes halogenated alkanes) is 1. The van der Waals surface area contributed by atoms with Crippen LogP contribution in [0.2, 0.25) is 0 Å². The molecular formula is C8H14Mg2O2S2+4. The summed E-state index contributed by atoms with van der Waals surface area (Å²) in [5.41, 5.74) is 0. The summed E-state index contributed by atoms with van der Waals surface area (Å²) in [6.45, 7) is 0. The average molecular weight is 255 g/mol. The molecule has 0 amide bonds. The maximum absolute atomic E-state index is 10.2. The van der Waals surface area contributed by atoms with E-state index in [2.05, 4.69) is 0 Å². The van der Waals surface area contributed by atoms with Gasteiger partial charge in [-0.05, 0) is 19.3 Å². The fourth-order valence-corrected chi connectivity index (χ4v) is 4.24. The van der Waals surface area contributed by atoms with Crippen molar-refractivity contribution in [2.24, 2.45) is 0 Å². The topological polar surface area (TPSA) is 37.3 Å². The number of hydrogen-bond acceptors (Lipinski definition) is 3. The van der Waals surface area contributed by atoms with Gasteiger partial charge in [-0.3, -0.25) is 4.79 Å². The molecule has 1 aliphatic heterocycles. The van der Waals surface area contributed by atoms with Crippen LogP contribution in [0.1, 0.15) is 32.1 Å². The minimum atomic E-state index is -0.663. The van der Waals surface area contributed by atoms with E-state index < -0.39 is 5.97 Å². The number of carboxylic acid groups (broad SMARTS) is 1. The summed E-state index contributed by atoms with van der Waals surface area (Å²) in [4.78, 5) is 10.2. The summed E-state index contributed by atoms with van der Waals surface area (Å²) in [6.07, 6.45) is 4.76. The molecule has 1 rings (SSSR count). The van der Waals surface area contributed by atoms with E-state index in [0.29, 0.717) is 6.42 Å². The van der Waals surface area contributed by atoms with Crippen LogP contribution in [0, 0.1) is 0 Å². The second-order valence-corrected chi connectivity index (χ2v) is 5.76. The summed E-state index contributed by atoms with van der Waals surface area (Å²) in [5, 5.41) is 9.19. The molecule has 0 aromatic heterocycles. The Balaban J connectivity index is 0. The molecule has 1 fully saturated rings. The molecule has 6 heteroatoms. The van der Waals surface area contributed by atoms with Crippen molar-refractivity contribution < 1.29 is 9.90 Å². The Morgan fingerprint density at radius 1 is 1.36 bits per heavy atom. The van der Waals surface area contributed by atoms with Crippen molar-refractivity contribution in [2.45, 2.75) is 37.4 Å². The number of aliphatic carboxylic acids is 1. The Bertz CT molecular complexity index is 152. The summed E-state index contributed by atoms with van der Waals surface area (Å²) in [6, 6.07) is 0. The first-order valence-corrected chi connectivity index (χ1v) is 6.67. The Morgan fingerprint density at radius 2 is 2.07 bits per heavy atom. The molecule has 1 heterocycles. The van der Waals surface area contributed by atoms with Gasteiger partial charge in [0.1, 0.15) is 0 Å². The van der Waals surface area contributed by atoms with E-state index in [4.69, 9.17) is 5.11 Å². The fourth-order valence-electron chi connectivity index (χ4n) is 1.21. The van der Waals surface area contributed by atoms with Crippen LogP contribution in [0.15, 0.2) is 0 Å². The van der Waals surface area contributed by atoms with Crippen LogP contribution in [0.3, 0.4) is 0 Å². The van der Waals surface area contributed by atoms with Gasteiger partial charge in [0, 0.05) is 17.4 Å². The predicted octanol–water partition coefficient (Wildman–Crippen LogP) is 2.02. The molecule has 14 heavy (non-hydrogen) atoms. The number of rotatable bonds is 5. The first-order valence-electron chi connectivity index (χ1n) is 4.29. The zero-order valence-electron chi connectivity index (χ0n) is 8.41. The molecule has 0 aromatic rings. The zero-order valence-corrected chi connectivity index (χ0v) is 12.9. The van der Waals surface area contributed by atoms with E-state index in [0.717, 1.165) is 18.1 Å². The minimum absolute atomic E-state index is 0. The van der Waals surface area contributed by atoms with Crippen LogP contribution >= 0.6 is 21.6 Å². The van der Waals surface area contributed by atoms with Gasteiger partial charge in [0.25, 0.3) is 0 Å². The Morgan fingerprint density at radius 3 is 2.57 bits per heavy atom. The molecule has 1 aliphatic rings. The Labute approximate surface area is 125 Å². The Kier molecular flexibility index (Phi) is 14.5. The first-order chi connectivity index (χ1) is 5.79. The van der Waals surface area contributed by atoms with Gasteiger partial charge in [0.05, 0.1) is 0 Å². The molecule has 1 saturated heterocycles. The van der Waals surface area contributed by atoms with Gasteiger partial charge in [0.15, 0.2) is 0 Å². The van der Waals surface area contributed by atoms with Crippen LogP contribution in [-0.4, -0.2) is 68.2 Å². The van der Waals surface area contributed by atoms with Crippen LogP contribution in [0.4, 0.5) is 0 Å². The van der Waals surface area contributed by atoms with Gasteiger partial charge in [-0.1, -0.05) is 28.0 Å². The molecular weight excluding hydrogens is 241 g/mol. The second kappa shape index (κ2) is 11.2. The van der Waals surface area contributed by atoms with E-state index in [1.807, 2.05) is 21.6 Å². The molecule has 0 aliphatic carbocycles. The average Bonchev–Trinajstić information content (AvgIpc) is 2.49. The monoisotopic (exact) mass is 254 g/mol. The largest absolute Gasteiger partial charge is 2.00 e. The SMILES string of the molecule is O=C(O)CCCC[C@@H]1CCSS1.[Mg+2].[Mg+2]. The van der Waals surface area contributed by atoms with E-state index in [1.165, 1.54) is 18.6 Å². The second-order valence-electron chi connectivity index (χ2n) is 2.97. The zero-order chi connectivity index (χ0) is 8.81. The molecule has 0 radical (unpaired) electrons. The molecule has 2 nitrogen and oxygen atoms in total. The smallest absolute Gasteiger partial charge is 0.481 e. The molecule has 0 spiro atoms. The summed E-state index contributed by atoms with van der Waals surface area (Å²) < 4.78 is 0. The molecule has 70 valence electrons. The van der Waals surface area contributed by atoms with Gasteiger partial charge in [-0.25, -0.2) is 0 Å². The van der Waals surface area contributed by atoms with Crippen LogP contribution in [0.5, 0.6) is 0 Å². The molecule has 1 atom stereocenters. The van der Waals surface area contributed by atoms with Gasteiger partial charge in [0.2, 0.25) is 0 Å². The van der Waals surface area contributed by atoms with Gasteiger partial charge in [-0.15, -0.1) is 0 Å². The van der Waals surface area contributed by atoms with Crippen LogP contribution < -0.4 is 0 Å². The van der Waals surface area contributed by atoms with Crippen LogP contribution in [0.25, 0.3) is 0 Å². The van der Waals surface area contributed by atoms with Crippen molar-refractivity contribution in [1.29, 1.82) is 0 Å². The molecule has 0 bridgehead atoms. The third-order valence-electron chi connectivity index (χ3n) is 1.89. The van der Waals surface area contributed by atoms with Crippen molar-refractivity contribution >= 4 is 73.7 Å². The van der Waals surface area contributed by atoms with Crippen molar-refractivity contribution in [2.75, 3.05) is 5.75 Å². The van der Waals surface area contributed by atoms with E-state index in [9.17, 15) is 4.79 Å².